The Balaban J connectivity index is 1.79. The molecule has 1 aliphatic rings. The summed E-state index contributed by atoms with van der Waals surface area (Å²) in [5, 5.41) is 12.5. The number of aromatic nitrogens is 1. The summed E-state index contributed by atoms with van der Waals surface area (Å²) in [5.74, 6) is -1.29. The van der Waals surface area contributed by atoms with Crippen LogP contribution in [0.15, 0.2) is 24.3 Å². The van der Waals surface area contributed by atoms with Crippen molar-refractivity contribution in [2.45, 2.75) is 32.7 Å². The van der Waals surface area contributed by atoms with E-state index >= 15 is 0 Å². The zero-order chi connectivity index (χ0) is 19.7. The number of carboxylic acids is 1. The summed E-state index contributed by atoms with van der Waals surface area (Å²) in [4.78, 5) is 42.3. The van der Waals surface area contributed by atoms with Crippen LogP contribution in [0.1, 0.15) is 56.5 Å². The summed E-state index contributed by atoms with van der Waals surface area (Å²) >= 11 is 1.05. The van der Waals surface area contributed by atoms with Gasteiger partial charge in [-0.3, -0.25) is 9.59 Å². The highest BCUT2D eigenvalue weighted by molar-refractivity contribution is 7.13. The molecule has 8 heteroatoms. The van der Waals surface area contributed by atoms with Crippen molar-refractivity contribution in [1.29, 1.82) is 0 Å². The van der Waals surface area contributed by atoms with Crippen LogP contribution in [-0.2, 0) is 4.79 Å². The van der Waals surface area contributed by atoms with Gasteiger partial charge in [0.15, 0.2) is 0 Å². The molecule has 7 nitrogen and oxygen atoms in total. The maximum absolute atomic E-state index is 12.8. The van der Waals surface area contributed by atoms with Crippen LogP contribution in [-0.4, -0.2) is 34.9 Å². The molecule has 1 aliphatic carbocycles. The number of hydrogen-bond acceptors (Lipinski definition) is 5. The van der Waals surface area contributed by atoms with E-state index < -0.39 is 12.0 Å². The number of nitrogens with zero attached hydrogens (tertiary/aromatic N) is 2. The predicted octanol–water partition coefficient (Wildman–Crippen LogP) is 3.01. The number of aromatic carboxylic acids is 1. The summed E-state index contributed by atoms with van der Waals surface area (Å²) in [5.41, 5.74) is 1.38. The summed E-state index contributed by atoms with van der Waals surface area (Å²) in [6.07, 6.45) is 1.79. The van der Waals surface area contributed by atoms with Crippen LogP contribution in [0.5, 0.6) is 0 Å². The van der Waals surface area contributed by atoms with Crippen molar-refractivity contribution in [1.82, 2.24) is 10.3 Å². The van der Waals surface area contributed by atoms with Crippen LogP contribution in [0.3, 0.4) is 0 Å². The molecule has 1 aromatic heterocycles. The molecular formula is C19H21N3O4S. The number of rotatable bonds is 6. The number of hydrogen-bond donors (Lipinski definition) is 2. The van der Waals surface area contributed by atoms with Gasteiger partial charge in [-0.05, 0) is 38.8 Å². The largest absolute Gasteiger partial charge is 0.477 e. The van der Waals surface area contributed by atoms with E-state index in [2.05, 4.69) is 10.3 Å². The van der Waals surface area contributed by atoms with E-state index in [1.54, 1.807) is 45.2 Å². The number of anilines is 1. The molecule has 1 unspecified atom stereocenters. The number of carbonyl (C=O) groups excluding carboxylic acids is 2. The second kappa shape index (κ2) is 7.48. The number of benzene rings is 1. The number of carboxylic acid groups (broad SMARTS) is 1. The molecule has 0 aliphatic heterocycles. The molecule has 27 heavy (non-hydrogen) atoms. The topological polar surface area (TPSA) is 99.6 Å². The number of carbonyl (C=O) groups is 3. The van der Waals surface area contributed by atoms with Gasteiger partial charge in [-0.15, -0.1) is 11.3 Å². The van der Waals surface area contributed by atoms with Crippen molar-refractivity contribution in [3.8, 4) is 0 Å². The standard InChI is InChI=1S/C19H21N3O4S/c1-10-15(19(25)26)27-17(21-10)11(2)20-16(23)13-6-4-5-7-14(13)22(3)18(24)12-8-9-12/h4-7,11-12H,8-9H2,1-3H3,(H,20,23)(H,25,26). The minimum Gasteiger partial charge on any atom is -0.477 e. The second-order valence-corrected chi connectivity index (χ2v) is 7.69. The molecule has 2 N–H and O–H groups in total. The monoisotopic (exact) mass is 387 g/mol. The molecule has 2 aromatic rings. The Kier molecular flexibility index (Phi) is 5.27. The lowest BCUT2D eigenvalue weighted by molar-refractivity contribution is -0.119. The van der Waals surface area contributed by atoms with Crippen LogP contribution in [0.4, 0.5) is 5.69 Å². The van der Waals surface area contributed by atoms with Crippen LogP contribution >= 0.6 is 11.3 Å². The molecular weight excluding hydrogens is 366 g/mol. The Morgan fingerprint density at radius 3 is 2.56 bits per heavy atom. The lowest BCUT2D eigenvalue weighted by atomic mass is 10.1. The average molecular weight is 387 g/mol. The Morgan fingerprint density at radius 2 is 1.96 bits per heavy atom. The molecule has 3 rings (SSSR count). The molecule has 2 amide bonds. The first-order valence-corrected chi connectivity index (χ1v) is 9.49. The maximum Gasteiger partial charge on any atom is 0.347 e. The number of nitrogens with one attached hydrogen (secondary N) is 1. The predicted molar refractivity (Wildman–Crippen MR) is 102 cm³/mol. The van der Waals surface area contributed by atoms with Gasteiger partial charge in [-0.25, -0.2) is 9.78 Å². The molecule has 1 atom stereocenters. The molecule has 1 heterocycles. The quantitative estimate of drug-likeness (QED) is 0.794. The smallest absolute Gasteiger partial charge is 0.347 e. The number of amides is 2. The van der Waals surface area contributed by atoms with Crippen LogP contribution in [0.2, 0.25) is 0 Å². The first kappa shape index (κ1) is 19.0. The van der Waals surface area contributed by atoms with E-state index in [1.807, 2.05) is 0 Å². The fourth-order valence-corrected chi connectivity index (χ4v) is 3.73. The Labute approximate surface area is 161 Å². The molecule has 0 saturated heterocycles. The zero-order valence-corrected chi connectivity index (χ0v) is 16.2. The molecule has 1 fully saturated rings. The van der Waals surface area contributed by atoms with E-state index in [9.17, 15) is 14.4 Å². The third-order valence-electron chi connectivity index (χ3n) is 4.49. The van der Waals surface area contributed by atoms with E-state index in [-0.39, 0.29) is 22.6 Å². The summed E-state index contributed by atoms with van der Waals surface area (Å²) in [7, 11) is 1.68. The Morgan fingerprint density at radius 1 is 1.30 bits per heavy atom. The van der Waals surface area contributed by atoms with Gasteiger partial charge in [0, 0.05) is 13.0 Å². The normalized spacial score (nSPS) is 14.5. The Bertz CT molecular complexity index is 904. The average Bonchev–Trinajstić information content (AvgIpc) is 3.41. The first-order chi connectivity index (χ1) is 12.8. The number of thiazole rings is 1. The summed E-state index contributed by atoms with van der Waals surface area (Å²) in [6.45, 7) is 3.38. The highest BCUT2D eigenvalue weighted by Crippen LogP contribution is 2.33. The number of para-hydroxylation sites is 1. The Hall–Kier alpha value is -2.74. The fourth-order valence-electron chi connectivity index (χ4n) is 2.82. The van der Waals surface area contributed by atoms with Gasteiger partial charge >= 0.3 is 5.97 Å². The lowest BCUT2D eigenvalue weighted by Crippen LogP contribution is -2.32. The van der Waals surface area contributed by atoms with Crippen LogP contribution < -0.4 is 10.2 Å². The maximum atomic E-state index is 12.8. The van der Waals surface area contributed by atoms with E-state index in [0.717, 1.165) is 24.2 Å². The molecule has 0 spiro atoms. The minimum atomic E-state index is -1.03. The van der Waals surface area contributed by atoms with Crippen LogP contribution in [0.25, 0.3) is 0 Å². The molecule has 0 bridgehead atoms. The fraction of sp³-hybridized carbons (Fsp3) is 0.368. The molecule has 1 saturated carbocycles. The lowest BCUT2D eigenvalue weighted by Gasteiger charge is -2.21. The van der Waals surface area contributed by atoms with Crippen molar-refractivity contribution < 1.29 is 19.5 Å². The number of aryl methyl sites for hydroxylation is 1. The van der Waals surface area contributed by atoms with Crippen LogP contribution in [0, 0.1) is 12.8 Å². The van der Waals surface area contributed by atoms with Gasteiger partial charge in [-0.1, -0.05) is 12.1 Å². The van der Waals surface area contributed by atoms with Gasteiger partial charge in [0.2, 0.25) is 5.91 Å². The van der Waals surface area contributed by atoms with E-state index in [1.165, 1.54) is 4.90 Å². The highest BCUT2D eigenvalue weighted by Gasteiger charge is 2.33. The minimum absolute atomic E-state index is 0.0185. The zero-order valence-electron chi connectivity index (χ0n) is 15.4. The summed E-state index contributed by atoms with van der Waals surface area (Å²) < 4.78 is 0. The van der Waals surface area contributed by atoms with Crippen molar-refractivity contribution in [3.05, 3.63) is 45.4 Å². The van der Waals surface area contributed by atoms with Gasteiger partial charge in [-0.2, -0.15) is 0 Å². The van der Waals surface area contributed by atoms with Gasteiger partial charge in [0.05, 0.1) is 23.0 Å². The molecule has 142 valence electrons. The SMILES string of the molecule is Cc1nc(C(C)NC(=O)c2ccccc2N(C)C(=O)C2CC2)sc1C(=O)O. The van der Waals surface area contributed by atoms with Gasteiger partial charge in [0.1, 0.15) is 9.88 Å². The highest BCUT2D eigenvalue weighted by atomic mass is 32.1. The first-order valence-electron chi connectivity index (χ1n) is 8.67. The van der Waals surface area contributed by atoms with E-state index in [4.69, 9.17) is 5.11 Å². The second-order valence-electron chi connectivity index (χ2n) is 6.66. The van der Waals surface area contributed by atoms with Crippen molar-refractivity contribution in [3.63, 3.8) is 0 Å². The molecule has 1 aromatic carbocycles. The molecule has 0 radical (unpaired) electrons. The van der Waals surface area contributed by atoms with Gasteiger partial charge in [0.25, 0.3) is 5.91 Å². The van der Waals surface area contributed by atoms with Gasteiger partial charge < -0.3 is 15.3 Å². The third kappa shape index (κ3) is 4.00. The van der Waals surface area contributed by atoms with Crippen molar-refractivity contribution >= 4 is 34.8 Å². The van der Waals surface area contributed by atoms with Crippen molar-refractivity contribution in [2.24, 2.45) is 5.92 Å². The van der Waals surface area contributed by atoms with Crippen molar-refractivity contribution in [2.75, 3.05) is 11.9 Å². The van der Waals surface area contributed by atoms with E-state index in [0.29, 0.717) is 22.0 Å². The summed E-state index contributed by atoms with van der Waals surface area (Å²) in [6, 6.07) is 6.50. The third-order valence-corrected chi connectivity index (χ3v) is 5.82.